The second-order valence-corrected chi connectivity index (χ2v) is 3.73. The molecule has 0 radical (unpaired) electrons. The average molecular weight is 190 g/mol. The first-order chi connectivity index (χ1) is 6.86. The third-order valence-electron chi connectivity index (χ3n) is 2.71. The Morgan fingerprint density at radius 2 is 2.21 bits per heavy atom. The molecule has 1 aromatic heterocycles. The second kappa shape index (κ2) is 4.27. The summed E-state index contributed by atoms with van der Waals surface area (Å²) in [5, 5.41) is 0. The summed E-state index contributed by atoms with van der Waals surface area (Å²) in [5.41, 5.74) is 0. The Morgan fingerprint density at radius 1 is 1.43 bits per heavy atom. The van der Waals surface area contributed by atoms with E-state index in [4.69, 9.17) is 4.42 Å². The Bertz CT molecular complexity index is 316. The lowest BCUT2D eigenvalue weighted by Crippen LogP contribution is -2.06. The molecule has 2 nitrogen and oxygen atoms in total. The van der Waals surface area contributed by atoms with Crippen molar-refractivity contribution in [2.45, 2.75) is 25.7 Å². The molecule has 1 aromatic rings. The molecule has 1 fully saturated rings. The van der Waals surface area contributed by atoms with Crippen LogP contribution < -0.4 is 0 Å². The van der Waals surface area contributed by atoms with Crippen molar-refractivity contribution < 1.29 is 9.21 Å². The van der Waals surface area contributed by atoms with E-state index in [2.05, 4.69) is 0 Å². The number of carbonyl (C=O) groups excluding carboxylic acids is 1. The minimum absolute atomic E-state index is 0.249. The van der Waals surface area contributed by atoms with E-state index < -0.39 is 0 Å². The molecule has 0 bridgehead atoms. The largest absolute Gasteiger partial charge is 0.465 e. The van der Waals surface area contributed by atoms with Gasteiger partial charge in [0.25, 0.3) is 0 Å². The van der Waals surface area contributed by atoms with Gasteiger partial charge in [0.05, 0.1) is 6.26 Å². The maximum Gasteiger partial charge on any atom is 0.158 e. The summed E-state index contributed by atoms with van der Waals surface area (Å²) >= 11 is 0. The maximum absolute atomic E-state index is 11.6. The molecule has 0 unspecified atom stereocenters. The lowest BCUT2D eigenvalue weighted by Gasteiger charge is -2.01. The van der Waals surface area contributed by atoms with Crippen molar-refractivity contribution in [3.63, 3.8) is 0 Å². The van der Waals surface area contributed by atoms with E-state index in [0.717, 1.165) is 18.6 Å². The fourth-order valence-corrected chi connectivity index (χ4v) is 1.90. The molecule has 14 heavy (non-hydrogen) atoms. The van der Waals surface area contributed by atoms with Crippen LogP contribution in [0.3, 0.4) is 0 Å². The molecule has 2 rings (SSSR count). The third-order valence-corrected chi connectivity index (χ3v) is 2.71. The van der Waals surface area contributed by atoms with Crippen molar-refractivity contribution in [3.05, 3.63) is 30.2 Å². The van der Waals surface area contributed by atoms with E-state index >= 15 is 0 Å². The fourth-order valence-electron chi connectivity index (χ4n) is 1.90. The summed E-state index contributed by atoms with van der Waals surface area (Å²) in [6.07, 6.45) is 9.52. The van der Waals surface area contributed by atoms with Crippen LogP contribution in [-0.2, 0) is 4.79 Å². The number of rotatable bonds is 3. The summed E-state index contributed by atoms with van der Waals surface area (Å²) in [6, 6.07) is 3.66. The van der Waals surface area contributed by atoms with Gasteiger partial charge in [0.1, 0.15) is 5.76 Å². The number of allylic oxidation sites excluding steroid dienone is 1. The smallest absolute Gasteiger partial charge is 0.158 e. The number of carbonyl (C=O) groups is 1. The van der Waals surface area contributed by atoms with Crippen LogP contribution in [0, 0.1) is 5.92 Å². The normalized spacial score (nSPS) is 18.0. The van der Waals surface area contributed by atoms with E-state index in [1.165, 1.54) is 12.8 Å². The minimum atomic E-state index is 0.249. The SMILES string of the molecule is O=C(C=Cc1ccco1)C1CCCC1. The summed E-state index contributed by atoms with van der Waals surface area (Å²) in [6.45, 7) is 0. The predicted octanol–water partition coefficient (Wildman–Crippen LogP) is 3.05. The average Bonchev–Trinajstić information content (AvgIpc) is 2.87. The van der Waals surface area contributed by atoms with Crippen LogP contribution in [0.4, 0.5) is 0 Å². The maximum atomic E-state index is 11.6. The van der Waals surface area contributed by atoms with Gasteiger partial charge in [-0.3, -0.25) is 4.79 Å². The van der Waals surface area contributed by atoms with Crippen molar-refractivity contribution in [3.8, 4) is 0 Å². The second-order valence-electron chi connectivity index (χ2n) is 3.73. The van der Waals surface area contributed by atoms with Crippen molar-refractivity contribution in [2.24, 2.45) is 5.92 Å². The van der Waals surface area contributed by atoms with Gasteiger partial charge in [0.15, 0.2) is 5.78 Å². The Labute approximate surface area is 83.6 Å². The Balaban J connectivity index is 1.93. The molecule has 2 heteroatoms. The lowest BCUT2D eigenvalue weighted by molar-refractivity contribution is -0.117. The van der Waals surface area contributed by atoms with Gasteiger partial charge in [-0.1, -0.05) is 12.8 Å². The van der Waals surface area contributed by atoms with Crippen LogP contribution in [0.2, 0.25) is 0 Å². The summed E-state index contributed by atoms with van der Waals surface area (Å²) < 4.78 is 5.11. The zero-order valence-corrected chi connectivity index (χ0v) is 8.11. The molecule has 0 amide bonds. The molecule has 1 aliphatic carbocycles. The molecule has 1 aliphatic rings. The van der Waals surface area contributed by atoms with Crippen LogP contribution >= 0.6 is 0 Å². The fraction of sp³-hybridized carbons (Fsp3) is 0.417. The van der Waals surface area contributed by atoms with Gasteiger partial charge in [-0.25, -0.2) is 0 Å². The van der Waals surface area contributed by atoms with Crippen LogP contribution in [0.15, 0.2) is 28.9 Å². The van der Waals surface area contributed by atoms with Gasteiger partial charge in [-0.2, -0.15) is 0 Å². The highest BCUT2D eigenvalue weighted by Crippen LogP contribution is 2.25. The van der Waals surface area contributed by atoms with Crippen molar-refractivity contribution in [1.29, 1.82) is 0 Å². The highest BCUT2D eigenvalue weighted by atomic mass is 16.3. The van der Waals surface area contributed by atoms with E-state index in [1.807, 2.05) is 12.1 Å². The molecule has 0 atom stereocenters. The summed E-state index contributed by atoms with van der Waals surface area (Å²) in [4.78, 5) is 11.6. The van der Waals surface area contributed by atoms with Crippen LogP contribution in [0.25, 0.3) is 6.08 Å². The molecule has 0 N–H and O–H groups in total. The standard InChI is InChI=1S/C12H14O2/c13-12(10-4-1-2-5-10)8-7-11-6-3-9-14-11/h3,6-10H,1-2,4-5H2. The van der Waals surface area contributed by atoms with Crippen molar-refractivity contribution in [1.82, 2.24) is 0 Å². The highest BCUT2D eigenvalue weighted by Gasteiger charge is 2.20. The Hall–Kier alpha value is -1.31. The van der Waals surface area contributed by atoms with Gasteiger partial charge >= 0.3 is 0 Å². The van der Waals surface area contributed by atoms with E-state index in [1.54, 1.807) is 18.4 Å². The number of hydrogen-bond acceptors (Lipinski definition) is 2. The van der Waals surface area contributed by atoms with Crippen LogP contribution in [0.1, 0.15) is 31.4 Å². The molecule has 0 aromatic carbocycles. The zero-order valence-electron chi connectivity index (χ0n) is 8.11. The predicted molar refractivity (Wildman–Crippen MR) is 54.7 cm³/mol. The quantitative estimate of drug-likeness (QED) is 0.686. The molecule has 1 heterocycles. The topological polar surface area (TPSA) is 30.2 Å². The van der Waals surface area contributed by atoms with Gasteiger partial charge in [0.2, 0.25) is 0 Å². The number of ketones is 1. The first kappa shape index (κ1) is 9.25. The Morgan fingerprint density at radius 3 is 2.86 bits per heavy atom. The molecular weight excluding hydrogens is 176 g/mol. The molecule has 0 aliphatic heterocycles. The van der Waals surface area contributed by atoms with Crippen molar-refractivity contribution in [2.75, 3.05) is 0 Å². The van der Waals surface area contributed by atoms with Gasteiger partial charge < -0.3 is 4.42 Å². The van der Waals surface area contributed by atoms with Gasteiger partial charge in [-0.15, -0.1) is 0 Å². The minimum Gasteiger partial charge on any atom is -0.465 e. The number of hydrogen-bond donors (Lipinski definition) is 0. The number of furan rings is 1. The molecule has 0 saturated heterocycles. The molecule has 74 valence electrons. The van der Waals surface area contributed by atoms with Gasteiger partial charge in [0, 0.05) is 5.92 Å². The first-order valence-corrected chi connectivity index (χ1v) is 5.12. The zero-order chi connectivity index (χ0) is 9.80. The monoisotopic (exact) mass is 190 g/mol. The van der Waals surface area contributed by atoms with Crippen LogP contribution in [-0.4, -0.2) is 5.78 Å². The lowest BCUT2D eigenvalue weighted by atomic mass is 10.0. The van der Waals surface area contributed by atoms with Gasteiger partial charge in [-0.05, 0) is 37.1 Å². The third kappa shape index (κ3) is 2.13. The molecule has 0 spiro atoms. The van der Waals surface area contributed by atoms with E-state index in [0.29, 0.717) is 0 Å². The first-order valence-electron chi connectivity index (χ1n) is 5.12. The van der Waals surface area contributed by atoms with Crippen LogP contribution in [0.5, 0.6) is 0 Å². The molecular formula is C12H14O2. The summed E-state index contributed by atoms with van der Waals surface area (Å²) in [7, 11) is 0. The van der Waals surface area contributed by atoms with Crippen molar-refractivity contribution >= 4 is 11.9 Å². The van der Waals surface area contributed by atoms with E-state index in [-0.39, 0.29) is 11.7 Å². The summed E-state index contributed by atoms with van der Waals surface area (Å²) in [5.74, 6) is 1.26. The highest BCUT2D eigenvalue weighted by molar-refractivity contribution is 5.95. The van der Waals surface area contributed by atoms with E-state index in [9.17, 15) is 4.79 Å². The molecule has 1 saturated carbocycles. The Kier molecular flexibility index (Phi) is 2.82.